The molecule has 2 aliphatic rings. The summed E-state index contributed by atoms with van der Waals surface area (Å²) in [4.78, 5) is 44.4. The number of phenolic OH excluding ortho intramolecular Hbond substituents is 1. The predicted octanol–water partition coefficient (Wildman–Crippen LogP) is 1.49. The predicted molar refractivity (Wildman–Crippen MR) is 102 cm³/mol. The quantitative estimate of drug-likeness (QED) is 0.689. The van der Waals surface area contributed by atoms with Gasteiger partial charge in [0.15, 0.2) is 6.10 Å². The maximum Gasteiger partial charge on any atom is 0.265 e. The van der Waals surface area contributed by atoms with Crippen LogP contribution in [0, 0.1) is 5.92 Å². The highest BCUT2D eigenvalue weighted by Gasteiger charge is 2.60. The summed E-state index contributed by atoms with van der Waals surface area (Å²) in [6, 6.07) is 12.3. The van der Waals surface area contributed by atoms with Gasteiger partial charge in [0.1, 0.15) is 12.3 Å². The van der Waals surface area contributed by atoms with Crippen molar-refractivity contribution in [2.45, 2.75) is 12.1 Å². The lowest BCUT2D eigenvalue weighted by Gasteiger charge is -2.26. The minimum Gasteiger partial charge on any atom is -0.508 e. The molecule has 2 aliphatic heterocycles. The number of anilines is 1. The monoisotopic (exact) mass is 445 g/mol. The minimum absolute atomic E-state index is 0.00140. The first-order chi connectivity index (χ1) is 13.4. The van der Waals surface area contributed by atoms with Gasteiger partial charge in [-0.2, -0.15) is 5.06 Å². The molecule has 2 fully saturated rings. The number of phenols is 1. The lowest BCUT2D eigenvalue weighted by atomic mass is 9.90. The molecule has 3 unspecified atom stereocenters. The van der Waals surface area contributed by atoms with E-state index in [0.29, 0.717) is 11.3 Å². The molecule has 2 aromatic rings. The second-order valence-corrected chi connectivity index (χ2v) is 7.54. The third-order valence-corrected chi connectivity index (χ3v) is 5.33. The molecule has 8 nitrogen and oxygen atoms in total. The van der Waals surface area contributed by atoms with Crippen LogP contribution in [0.25, 0.3) is 0 Å². The number of aromatic hydroxyl groups is 1. The van der Waals surface area contributed by atoms with Crippen molar-refractivity contribution >= 4 is 39.3 Å². The highest BCUT2D eigenvalue weighted by atomic mass is 79.9. The number of benzene rings is 2. The number of halogens is 1. The Hall–Kier alpha value is -2.75. The standard InChI is InChI=1S/C19H16BrN3O5/c20-11-4-6-12(7-5-11)23-18(26)15-16(10-2-1-3-13(24)8-10)22(9-14(21)25)28-17(15)19(23)27/h1-8,15-17,24H,9H2,(H2,21,25). The molecule has 2 saturated heterocycles. The van der Waals surface area contributed by atoms with Crippen LogP contribution in [0.3, 0.4) is 0 Å². The SMILES string of the molecule is NC(=O)CN1OC2C(=O)N(c3ccc(Br)cc3)C(=O)C2C1c1cccc(O)c1. The largest absolute Gasteiger partial charge is 0.508 e. The summed E-state index contributed by atoms with van der Waals surface area (Å²) in [6.45, 7) is -0.286. The smallest absolute Gasteiger partial charge is 0.265 e. The van der Waals surface area contributed by atoms with E-state index < -0.39 is 35.8 Å². The van der Waals surface area contributed by atoms with Crippen molar-refractivity contribution in [1.29, 1.82) is 0 Å². The number of hydroxylamine groups is 2. The van der Waals surface area contributed by atoms with E-state index in [1.165, 1.54) is 17.2 Å². The number of primary amides is 1. The zero-order chi connectivity index (χ0) is 20.0. The Morgan fingerprint density at radius 2 is 1.86 bits per heavy atom. The highest BCUT2D eigenvalue weighted by molar-refractivity contribution is 9.10. The lowest BCUT2D eigenvalue weighted by molar-refractivity contribution is -0.175. The summed E-state index contributed by atoms with van der Waals surface area (Å²) < 4.78 is 0.817. The summed E-state index contributed by atoms with van der Waals surface area (Å²) in [5, 5.41) is 11.1. The van der Waals surface area contributed by atoms with Crippen LogP contribution in [0.5, 0.6) is 5.75 Å². The van der Waals surface area contributed by atoms with Crippen LogP contribution >= 0.6 is 15.9 Å². The van der Waals surface area contributed by atoms with Crippen LogP contribution in [0.4, 0.5) is 5.69 Å². The molecule has 0 bridgehead atoms. The van der Waals surface area contributed by atoms with Gasteiger partial charge in [-0.25, -0.2) is 4.90 Å². The second kappa shape index (κ2) is 7.01. The summed E-state index contributed by atoms with van der Waals surface area (Å²) in [5.74, 6) is -2.46. The summed E-state index contributed by atoms with van der Waals surface area (Å²) >= 11 is 3.32. The number of hydrogen-bond acceptors (Lipinski definition) is 6. The molecule has 0 aliphatic carbocycles. The summed E-state index contributed by atoms with van der Waals surface area (Å²) in [5.41, 5.74) is 6.29. The number of fused-ring (bicyclic) bond motifs is 1. The normalized spacial score (nSPS) is 24.6. The topological polar surface area (TPSA) is 113 Å². The Balaban J connectivity index is 1.74. The Labute approximate surface area is 168 Å². The van der Waals surface area contributed by atoms with Gasteiger partial charge in [0.05, 0.1) is 17.6 Å². The Kier molecular flexibility index (Phi) is 4.66. The molecule has 28 heavy (non-hydrogen) atoms. The first-order valence-electron chi connectivity index (χ1n) is 8.51. The van der Waals surface area contributed by atoms with Gasteiger partial charge in [-0.1, -0.05) is 28.1 Å². The molecule has 0 aromatic heterocycles. The minimum atomic E-state index is -1.07. The maximum absolute atomic E-state index is 13.2. The third-order valence-electron chi connectivity index (χ3n) is 4.80. The molecule has 3 amide bonds. The van der Waals surface area contributed by atoms with E-state index in [4.69, 9.17) is 10.6 Å². The highest BCUT2D eigenvalue weighted by Crippen LogP contribution is 2.46. The van der Waals surface area contributed by atoms with Crippen LogP contribution in [-0.2, 0) is 19.2 Å². The van der Waals surface area contributed by atoms with Gasteiger partial charge in [-0.15, -0.1) is 0 Å². The molecular formula is C19H16BrN3O5. The van der Waals surface area contributed by atoms with Crippen molar-refractivity contribution in [2.75, 3.05) is 11.4 Å². The third kappa shape index (κ3) is 3.07. The Morgan fingerprint density at radius 3 is 2.50 bits per heavy atom. The number of rotatable bonds is 4. The van der Waals surface area contributed by atoms with Gasteiger partial charge in [0.25, 0.3) is 5.91 Å². The first kappa shape index (κ1) is 18.6. The van der Waals surface area contributed by atoms with Crippen molar-refractivity contribution in [3.05, 3.63) is 58.6 Å². The number of carbonyl (C=O) groups is 3. The van der Waals surface area contributed by atoms with Gasteiger partial charge < -0.3 is 10.8 Å². The van der Waals surface area contributed by atoms with Gasteiger partial charge in [0, 0.05) is 4.47 Å². The molecule has 9 heteroatoms. The second-order valence-electron chi connectivity index (χ2n) is 6.62. The Bertz CT molecular complexity index is 964. The average Bonchev–Trinajstić information content (AvgIpc) is 3.11. The fraction of sp³-hybridized carbons (Fsp3) is 0.211. The van der Waals surface area contributed by atoms with E-state index in [1.807, 2.05) is 0 Å². The zero-order valence-electron chi connectivity index (χ0n) is 14.5. The molecule has 0 radical (unpaired) electrons. The van der Waals surface area contributed by atoms with Crippen molar-refractivity contribution in [3.8, 4) is 5.75 Å². The molecule has 144 valence electrons. The van der Waals surface area contributed by atoms with Crippen LogP contribution in [-0.4, -0.2) is 40.5 Å². The van der Waals surface area contributed by atoms with Gasteiger partial charge in [0.2, 0.25) is 11.8 Å². The fourth-order valence-electron chi connectivity index (χ4n) is 3.69. The molecule has 0 saturated carbocycles. The van der Waals surface area contributed by atoms with Crippen LogP contribution in [0.2, 0.25) is 0 Å². The van der Waals surface area contributed by atoms with E-state index in [2.05, 4.69) is 15.9 Å². The molecule has 0 spiro atoms. The number of hydrogen-bond donors (Lipinski definition) is 2. The lowest BCUT2D eigenvalue weighted by Crippen LogP contribution is -2.40. The van der Waals surface area contributed by atoms with Gasteiger partial charge in [-0.3, -0.25) is 19.2 Å². The van der Waals surface area contributed by atoms with E-state index in [9.17, 15) is 19.5 Å². The van der Waals surface area contributed by atoms with Crippen molar-refractivity contribution in [1.82, 2.24) is 5.06 Å². The number of nitrogens with two attached hydrogens (primary N) is 1. The van der Waals surface area contributed by atoms with E-state index in [0.717, 1.165) is 9.37 Å². The molecule has 2 aromatic carbocycles. The average molecular weight is 446 g/mol. The van der Waals surface area contributed by atoms with E-state index in [-0.39, 0.29) is 12.3 Å². The van der Waals surface area contributed by atoms with Crippen LogP contribution in [0.1, 0.15) is 11.6 Å². The number of carbonyl (C=O) groups excluding carboxylic acids is 3. The molecule has 2 heterocycles. The fourth-order valence-corrected chi connectivity index (χ4v) is 3.95. The summed E-state index contributed by atoms with van der Waals surface area (Å²) in [7, 11) is 0. The number of amides is 3. The van der Waals surface area contributed by atoms with E-state index in [1.54, 1.807) is 36.4 Å². The van der Waals surface area contributed by atoms with Gasteiger partial charge in [-0.05, 0) is 42.0 Å². The van der Waals surface area contributed by atoms with Crippen molar-refractivity contribution in [2.24, 2.45) is 11.7 Å². The first-order valence-corrected chi connectivity index (χ1v) is 9.30. The van der Waals surface area contributed by atoms with Gasteiger partial charge >= 0.3 is 0 Å². The van der Waals surface area contributed by atoms with Crippen molar-refractivity contribution < 1.29 is 24.3 Å². The van der Waals surface area contributed by atoms with Crippen molar-refractivity contribution in [3.63, 3.8) is 0 Å². The molecule has 3 atom stereocenters. The number of imide groups is 1. The van der Waals surface area contributed by atoms with Crippen LogP contribution in [0.15, 0.2) is 53.0 Å². The Morgan fingerprint density at radius 1 is 1.14 bits per heavy atom. The maximum atomic E-state index is 13.2. The molecular weight excluding hydrogens is 430 g/mol. The van der Waals surface area contributed by atoms with Crippen LogP contribution < -0.4 is 10.6 Å². The zero-order valence-corrected chi connectivity index (χ0v) is 16.1. The molecule has 3 N–H and O–H groups in total. The summed E-state index contributed by atoms with van der Waals surface area (Å²) in [6.07, 6.45) is -1.07. The van der Waals surface area contributed by atoms with E-state index >= 15 is 0 Å². The number of nitrogens with zero attached hydrogens (tertiary/aromatic N) is 2. The molecule has 4 rings (SSSR count).